The number of hydrogen-bond donors (Lipinski definition) is 7. The molecule has 1 rings (SSSR count). The SMILES string of the molecule is CC(=O)NC(C(=O)O)C(C)C.NC(CC(=O)O)C(=O)O.O=C(O)[C@@H]1CCCN1. The molecule has 0 aromatic rings. The topological polar surface area (TPSA) is 216 Å². The summed E-state index contributed by atoms with van der Waals surface area (Å²) in [5.41, 5.74) is 4.84. The van der Waals surface area contributed by atoms with Crippen molar-refractivity contribution in [2.45, 2.75) is 58.2 Å². The Morgan fingerprint density at radius 3 is 1.75 bits per heavy atom. The molecule has 162 valence electrons. The Kier molecular flexibility index (Phi) is 14.1. The summed E-state index contributed by atoms with van der Waals surface area (Å²) in [5, 5.41) is 38.2. The largest absolute Gasteiger partial charge is 0.481 e. The van der Waals surface area contributed by atoms with Crippen LogP contribution in [0.3, 0.4) is 0 Å². The summed E-state index contributed by atoms with van der Waals surface area (Å²) < 4.78 is 0. The quantitative estimate of drug-likeness (QED) is 0.269. The minimum absolute atomic E-state index is 0.0867. The number of nitrogens with one attached hydrogen (secondary N) is 2. The first-order valence-electron chi connectivity index (χ1n) is 8.45. The number of amides is 1. The Hall–Kier alpha value is -2.73. The first-order chi connectivity index (χ1) is 12.8. The van der Waals surface area contributed by atoms with Crippen LogP contribution in [0.25, 0.3) is 0 Å². The minimum atomic E-state index is -1.29. The highest BCUT2D eigenvalue weighted by Gasteiger charge is 2.21. The van der Waals surface area contributed by atoms with E-state index in [4.69, 9.17) is 26.2 Å². The maximum Gasteiger partial charge on any atom is 0.326 e. The monoisotopic (exact) mass is 407 g/mol. The summed E-state index contributed by atoms with van der Waals surface area (Å²) in [4.78, 5) is 50.7. The molecule has 1 fully saturated rings. The molecule has 1 aliphatic rings. The van der Waals surface area contributed by atoms with Crippen molar-refractivity contribution in [3.8, 4) is 0 Å². The molecule has 1 heterocycles. The van der Waals surface area contributed by atoms with Gasteiger partial charge in [0, 0.05) is 6.92 Å². The van der Waals surface area contributed by atoms with Crippen molar-refractivity contribution < 1.29 is 44.4 Å². The highest BCUT2D eigenvalue weighted by molar-refractivity contribution is 5.82. The number of carbonyl (C=O) groups is 5. The lowest BCUT2D eigenvalue weighted by atomic mass is 10.1. The fraction of sp³-hybridized carbons (Fsp3) is 0.688. The second kappa shape index (κ2) is 14.3. The van der Waals surface area contributed by atoms with Gasteiger partial charge in [0.2, 0.25) is 5.91 Å². The van der Waals surface area contributed by atoms with E-state index in [0.717, 1.165) is 19.4 Å². The van der Waals surface area contributed by atoms with Gasteiger partial charge in [0.05, 0.1) is 6.42 Å². The van der Waals surface area contributed by atoms with Crippen LogP contribution in [0.4, 0.5) is 0 Å². The van der Waals surface area contributed by atoms with Crippen LogP contribution in [-0.4, -0.2) is 74.9 Å². The molecule has 12 heteroatoms. The van der Waals surface area contributed by atoms with E-state index < -0.39 is 42.4 Å². The molecule has 0 radical (unpaired) electrons. The van der Waals surface area contributed by atoms with Crippen molar-refractivity contribution in [1.29, 1.82) is 0 Å². The molecule has 0 spiro atoms. The Morgan fingerprint density at radius 2 is 1.61 bits per heavy atom. The Bertz CT molecular complexity index is 545. The van der Waals surface area contributed by atoms with Gasteiger partial charge in [-0.2, -0.15) is 0 Å². The van der Waals surface area contributed by atoms with E-state index in [-0.39, 0.29) is 17.9 Å². The lowest BCUT2D eigenvalue weighted by Gasteiger charge is -2.16. The van der Waals surface area contributed by atoms with Gasteiger partial charge >= 0.3 is 23.9 Å². The van der Waals surface area contributed by atoms with Crippen LogP contribution < -0.4 is 16.4 Å². The van der Waals surface area contributed by atoms with Gasteiger partial charge in [0.1, 0.15) is 18.1 Å². The summed E-state index contributed by atoms with van der Waals surface area (Å²) in [6.07, 6.45) is 1.25. The van der Waals surface area contributed by atoms with Gasteiger partial charge in [-0.05, 0) is 25.3 Å². The molecule has 0 aromatic heterocycles. The smallest absolute Gasteiger partial charge is 0.326 e. The number of rotatable bonds is 7. The molecule has 1 saturated heterocycles. The van der Waals surface area contributed by atoms with E-state index in [0.29, 0.717) is 0 Å². The summed E-state index contributed by atoms with van der Waals surface area (Å²) in [6, 6.07) is -2.33. The van der Waals surface area contributed by atoms with Crippen molar-refractivity contribution in [3.63, 3.8) is 0 Å². The third-order valence-corrected chi connectivity index (χ3v) is 3.36. The van der Waals surface area contributed by atoms with E-state index in [1.807, 2.05) is 0 Å². The highest BCUT2D eigenvalue weighted by Crippen LogP contribution is 2.03. The van der Waals surface area contributed by atoms with Gasteiger partial charge in [0.15, 0.2) is 0 Å². The first kappa shape index (κ1) is 27.5. The van der Waals surface area contributed by atoms with E-state index >= 15 is 0 Å². The number of carbonyl (C=O) groups excluding carboxylic acids is 1. The molecule has 28 heavy (non-hydrogen) atoms. The third-order valence-electron chi connectivity index (χ3n) is 3.36. The lowest BCUT2D eigenvalue weighted by Crippen LogP contribution is -2.43. The predicted molar refractivity (Wildman–Crippen MR) is 96.6 cm³/mol. The molecular weight excluding hydrogens is 378 g/mol. The van der Waals surface area contributed by atoms with Crippen LogP contribution in [0.5, 0.6) is 0 Å². The number of carboxylic acid groups (broad SMARTS) is 4. The minimum Gasteiger partial charge on any atom is -0.481 e. The van der Waals surface area contributed by atoms with Crippen LogP contribution in [0.15, 0.2) is 0 Å². The molecule has 2 unspecified atom stereocenters. The third kappa shape index (κ3) is 14.4. The average molecular weight is 407 g/mol. The van der Waals surface area contributed by atoms with E-state index in [1.165, 1.54) is 6.92 Å². The van der Waals surface area contributed by atoms with Crippen LogP contribution in [0.2, 0.25) is 0 Å². The fourth-order valence-electron chi connectivity index (χ4n) is 1.90. The van der Waals surface area contributed by atoms with Crippen LogP contribution >= 0.6 is 0 Å². The normalized spacial score (nSPS) is 17.1. The second-order valence-corrected chi connectivity index (χ2v) is 6.29. The molecular formula is C16H29N3O9. The van der Waals surface area contributed by atoms with Gasteiger partial charge in [-0.15, -0.1) is 0 Å². The van der Waals surface area contributed by atoms with Gasteiger partial charge in [0.25, 0.3) is 0 Å². The van der Waals surface area contributed by atoms with Gasteiger partial charge in [-0.3, -0.25) is 19.2 Å². The molecule has 0 aliphatic carbocycles. The van der Waals surface area contributed by atoms with Crippen LogP contribution in [-0.2, 0) is 24.0 Å². The van der Waals surface area contributed by atoms with E-state index in [1.54, 1.807) is 13.8 Å². The number of aliphatic carboxylic acids is 4. The van der Waals surface area contributed by atoms with Crippen molar-refractivity contribution in [1.82, 2.24) is 10.6 Å². The van der Waals surface area contributed by atoms with Gasteiger partial charge < -0.3 is 36.8 Å². The molecule has 0 aromatic carbocycles. The molecule has 1 aliphatic heterocycles. The highest BCUT2D eigenvalue weighted by atomic mass is 16.4. The zero-order valence-corrected chi connectivity index (χ0v) is 16.0. The second-order valence-electron chi connectivity index (χ2n) is 6.29. The molecule has 1 amide bonds. The van der Waals surface area contributed by atoms with Crippen molar-refractivity contribution >= 4 is 29.8 Å². The summed E-state index contributed by atoms with van der Waals surface area (Å²) in [6.45, 7) is 5.65. The summed E-state index contributed by atoms with van der Waals surface area (Å²) >= 11 is 0. The molecule has 3 atom stereocenters. The maximum absolute atomic E-state index is 10.5. The zero-order valence-electron chi connectivity index (χ0n) is 16.0. The average Bonchev–Trinajstić information content (AvgIpc) is 3.07. The number of hydrogen-bond acceptors (Lipinski definition) is 7. The molecule has 0 saturated carbocycles. The van der Waals surface area contributed by atoms with Crippen molar-refractivity contribution in [2.24, 2.45) is 11.7 Å². The number of carboxylic acids is 4. The fourth-order valence-corrected chi connectivity index (χ4v) is 1.90. The standard InChI is InChI=1S/C7H13NO3.C5H9NO2.C4H7NO4/c1-4(2)6(7(10)11)8-5(3)9;7-5(8)4-2-1-3-6-4;5-2(4(8)9)1-3(6)7/h4,6H,1-3H3,(H,8,9)(H,10,11);4,6H,1-3H2,(H,7,8);2H,1,5H2,(H,6,7)(H,8,9)/t;4-;/m.0./s1. The Morgan fingerprint density at radius 1 is 1.07 bits per heavy atom. The van der Waals surface area contributed by atoms with E-state index in [2.05, 4.69) is 10.6 Å². The van der Waals surface area contributed by atoms with Gasteiger partial charge in [-0.1, -0.05) is 13.8 Å². The van der Waals surface area contributed by atoms with Crippen molar-refractivity contribution in [2.75, 3.05) is 6.54 Å². The Labute approximate surface area is 162 Å². The van der Waals surface area contributed by atoms with Crippen LogP contribution in [0, 0.1) is 5.92 Å². The number of nitrogens with two attached hydrogens (primary N) is 1. The molecule has 0 bridgehead atoms. The molecule has 8 N–H and O–H groups in total. The predicted octanol–water partition coefficient (Wildman–Crippen LogP) is -1.07. The summed E-state index contributed by atoms with van der Waals surface area (Å²) in [7, 11) is 0. The zero-order chi connectivity index (χ0) is 22.4. The van der Waals surface area contributed by atoms with E-state index in [9.17, 15) is 24.0 Å². The maximum atomic E-state index is 10.5. The summed E-state index contributed by atoms with van der Waals surface area (Å²) in [5.74, 6) is -4.61. The Balaban J connectivity index is 0. The first-order valence-corrected chi connectivity index (χ1v) is 8.45. The lowest BCUT2D eigenvalue weighted by molar-refractivity contribution is -0.144. The van der Waals surface area contributed by atoms with Crippen LogP contribution in [0.1, 0.15) is 40.0 Å². The van der Waals surface area contributed by atoms with Gasteiger partial charge in [-0.25, -0.2) is 4.79 Å². The molecule has 12 nitrogen and oxygen atoms in total. The van der Waals surface area contributed by atoms with Crippen molar-refractivity contribution in [3.05, 3.63) is 0 Å².